The molecule has 0 amide bonds. The summed E-state index contributed by atoms with van der Waals surface area (Å²) in [6.45, 7) is 13.0. The molecule has 0 aliphatic heterocycles. The SMILES string of the molecule is CCCCCN(CC(C)(C)C)c1ccc2nc(-c3ccc(OC)c(CC)c3)cc(=O)n2c1. The number of fused-ring (bicyclic) bond motifs is 1. The zero-order valence-electron chi connectivity index (χ0n) is 20.4. The molecular formula is C27H37N3O2. The number of benzene rings is 1. The van der Waals surface area contributed by atoms with Gasteiger partial charge in [0.25, 0.3) is 5.56 Å². The molecule has 0 aliphatic carbocycles. The minimum atomic E-state index is -0.0648. The van der Waals surface area contributed by atoms with Gasteiger partial charge < -0.3 is 9.64 Å². The molecule has 1 aromatic carbocycles. The Morgan fingerprint density at radius 1 is 1.06 bits per heavy atom. The first-order chi connectivity index (χ1) is 15.3. The van der Waals surface area contributed by atoms with Crippen LogP contribution in [0.4, 0.5) is 5.69 Å². The van der Waals surface area contributed by atoms with E-state index in [0.29, 0.717) is 11.3 Å². The minimum Gasteiger partial charge on any atom is -0.496 e. The van der Waals surface area contributed by atoms with Gasteiger partial charge in [-0.2, -0.15) is 0 Å². The van der Waals surface area contributed by atoms with E-state index in [4.69, 9.17) is 9.72 Å². The molecule has 5 heteroatoms. The van der Waals surface area contributed by atoms with Crippen molar-refractivity contribution in [2.45, 2.75) is 60.3 Å². The number of ether oxygens (including phenoxy) is 1. The van der Waals surface area contributed by atoms with Crippen LogP contribution in [0.2, 0.25) is 0 Å². The highest BCUT2D eigenvalue weighted by atomic mass is 16.5. The average molecular weight is 436 g/mol. The number of nitrogens with zero attached hydrogens (tertiary/aromatic N) is 3. The molecule has 0 N–H and O–H groups in total. The van der Waals surface area contributed by atoms with Gasteiger partial charge in [-0.25, -0.2) is 4.98 Å². The molecule has 2 heterocycles. The van der Waals surface area contributed by atoms with E-state index in [0.717, 1.165) is 48.5 Å². The molecule has 0 saturated carbocycles. The smallest absolute Gasteiger partial charge is 0.258 e. The fourth-order valence-corrected chi connectivity index (χ4v) is 4.07. The van der Waals surface area contributed by atoms with Crippen LogP contribution >= 0.6 is 0 Å². The normalized spacial score (nSPS) is 11.7. The third kappa shape index (κ3) is 5.70. The predicted molar refractivity (Wildman–Crippen MR) is 134 cm³/mol. The maximum absolute atomic E-state index is 13.1. The van der Waals surface area contributed by atoms with E-state index in [2.05, 4.69) is 51.7 Å². The van der Waals surface area contributed by atoms with Crippen LogP contribution in [0.1, 0.15) is 59.4 Å². The Morgan fingerprint density at radius 2 is 1.84 bits per heavy atom. The van der Waals surface area contributed by atoms with Gasteiger partial charge in [0.1, 0.15) is 11.4 Å². The van der Waals surface area contributed by atoms with Gasteiger partial charge in [-0.3, -0.25) is 9.20 Å². The van der Waals surface area contributed by atoms with Gasteiger partial charge in [-0.1, -0.05) is 47.5 Å². The lowest BCUT2D eigenvalue weighted by Gasteiger charge is -2.32. The number of anilines is 1. The van der Waals surface area contributed by atoms with Crippen molar-refractivity contribution in [3.8, 4) is 17.0 Å². The first-order valence-corrected chi connectivity index (χ1v) is 11.7. The van der Waals surface area contributed by atoms with Crippen LogP contribution in [0.3, 0.4) is 0 Å². The van der Waals surface area contributed by atoms with Gasteiger partial charge >= 0.3 is 0 Å². The van der Waals surface area contributed by atoms with Crippen molar-refractivity contribution in [3.63, 3.8) is 0 Å². The van der Waals surface area contributed by atoms with Crippen molar-refractivity contribution in [2.24, 2.45) is 5.41 Å². The topological polar surface area (TPSA) is 46.8 Å². The Balaban J connectivity index is 1.99. The van der Waals surface area contributed by atoms with Crippen LogP contribution in [0.15, 0.2) is 47.4 Å². The van der Waals surface area contributed by atoms with E-state index in [1.54, 1.807) is 17.6 Å². The van der Waals surface area contributed by atoms with E-state index in [1.807, 2.05) is 24.4 Å². The van der Waals surface area contributed by atoms with Crippen molar-refractivity contribution in [1.29, 1.82) is 0 Å². The molecular weight excluding hydrogens is 398 g/mol. The molecule has 2 aromatic heterocycles. The van der Waals surface area contributed by atoms with Crippen molar-refractivity contribution in [1.82, 2.24) is 9.38 Å². The zero-order chi connectivity index (χ0) is 23.3. The second kappa shape index (κ2) is 10.2. The summed E-state index contributed by atoms with van der Waals surface area (Å²) in [7, 11) is 1.68. The number of hydrogen-bond donors (Lipinski definition) is 0. The summed E-state index contributed by atoms with van der Waals surface area (Å²) < 4.78 is 7.10. The van der Waals surface area contributed by atoms with Crippen molar-refractivity contribution < 1.29 is 4.74 Å². The number of rotatable bonds is 9. The number of aromatic nitrogens is 2. The van der Waals surface area contributed by atoms with E-state index in [9.17, 15) is 4.79 Å². The highest BCUT2D eigenvalue weighted by Gasteiger charge is 2.18. The summed E-state index contributed by atoms with van der Waals surface area (Å²) in [4.78, 5) is 20.2. The standard InChI is InChI=1S/C27H37N3O2/c1-7-9-10-15-29(19-27(3,4)5)22-12-14-25-28-23(17-26(31)30(25)18-22)21-11-13-24(32-6)20(8-2)16-21/h11-14,16-18H,7-10,15,19H2,1-6H3. The zero-order valence-corrected chi connectivity index (χ0v) is 20.4. The Labute approximate surface area is 192 Å². The quantitative estimate of drug-likeness (QED) is 0.388. The Morgan fingerprint density at radius 3 is 2.50 bits per heavy atom. The molecule has 0 fully saturated rings. The molecule has 0 spiro atoms. The Hall–Kier alpha value is -2.82. The van der Waals surface area contributed by atoms with Crippen molar-refractivity contribution >= 4 is 11.3 Å². The van der Waals surface area contributed by atoms with Gasteiger partial charge in [0.2, 0.25) is 0 Å². The summed E-state index contributed by atoms with van der Waals surface area (Å²) in [5.74, 6) is 0.861. The molecule has 0 radical (unpaired) electrons. The third-order valence-corrected chi connectivity index (χ3v) is 5.66. The van der Waals surface area contributed by atoms with E-state index >= 15 is 0 Å². The van der Waals surface area contributed by atoms with Crippen LogP contribution in [0.25, 0.3) is 16.9 Å². The van der Waals surface area contributed by atoms with Gasteiger partial charge in [0, 0.05) is 30.9 Å². The minimum absolute atomic E-state index is 0.0648. The highest BCUT2D eigenvalue weighted by molar-refractivity contribution is 5.65. The van der Waals surface area contributed by atoms with Crippen LogP contribution in [-0.4, -0.2) is 29.6 Å². The van der Waals surface area contributed by atoms with Crippen LogP contribution in [-0.2, 0) is 6.42 Å². The Kier molecular flexibility index (Phi) is 7.60. The number of pyridine rings is 1. The van der Waals surface area contributed by atoms with Gasteiger partial charge in [0.15, 0.2) is 0 Å². The fraction of sp³-hybridized carbons (Fsp3) is 0.481. The lowest BCUT2D eigenvalue weighted by atomic mass is 9.95. The maximum Gasteiger partial charge on any atom is 0.258 e. The van der Waals surface area contributed by atoms with E-state index in [1.165, 1.54) is 12.8 Å². The molecule has 5 nitrogen and oxygen atoms in total. The maximum atomic E-state index is 13.1. The Bertz CT molecular complexity index is 1110. The molecule has 0 atom stereocenters. The summed E-state index contributed by atoms with van der Waals surface area (Å²) in [5, 5.41) is 0. The molecule has 0 aliphatic rings. The van der Waals surface area contributed by atoms with Crippen LogP contribution in [0, 0.1) is 5.41 Å². The number of aryl methyl sites for hydroxylation is 1. The number of hydrogen-bond acceptors (Lipinski definition) is 4. The second-order valence-corrected chi connectivity index (χ2v) is 9.66. The van der Waals surface area contributed by atoms with Crippen molar-refractivity contribution in [2.75, 3.05) is 25.1 Å². The molecule has 0 unspecified atom stereocenters. The molecule has 3 rings (SSSR count). The fourth-order valence-electron chi connectivity index (χ4n) is 4.07. The van der Waals surface area contributed by atoms with Gasteiger partial charge in [-0.05, 0) is 54.2 Å². The summed E-state index contributed by atoms with van der Waals surface area (Å²) in [6.07, 6.45) is 6.35. The first kappa shape index (κ1) is 23.8. The highest BCUT2D eigenvalue weighted by Crippen LogP contribution is 2.27. The second-order valence-electron chi connectivity index (χ2n) is 9.66. The van der Waals surface area contributed by atoms with E-state index in [-0.39, 0.29) is 11.0 Å². The number of unbranched alkanes of at least 4 members (excludes halogenated alkanes) is 2. The summed E-state index contributed by atoms with van der Waals surface area (Å²) >= 11 is 0. The lowest BCUT2D eigenvalue weighted by molar-refractivity contribution is 0.407. The van der Waals surface area contributed by atoms with Gasteiger partial charge in [0.05, 0.1) is 18.5 Å². The monoisotopic (exact) mass is 435 g/mol. The first-order valence-electron chi connectivity index (χ1n) is 11.7. The molecule has 3 aromatic rings. The lowest BCUT2D eigenvalue weighted by Crippen LogP contribution is -2.34. The molecule has 0 bridgehead atoms. The largest absolute Gasteiger partial charge is 0.496 e. The van der Waals surface area contributed by atoms with Crippen molar-refractivity contribution in [3.05, 3.63) is 58.5 Å². The average Bonchev–Trinajstić information content (AvgIpc) is 2.77. The van der Waals surface area contributed by atoms with Crippen LogP contribution in [0.5, 0.6) is 5.75 Å². The summed E-state index contributed by atoms with van der Waals surface area (Å²) in [5.41, 5.74) is 4.55. The van der Waals surface area contributed by atoms with Crippen LogP contribution < -0.4 is 15.2 Å². The summed E-state index contributed by atoms with van der Waals surface area (Å²) in [6, 6.07) is 11.6. The molecule has 0 saturated heterocycles. The molecule has 32 heavy (non-hydrogen) atoms. The molecule has 172 valence electrons. The van der Waals surface area contributed by atoms with Gasteiger partial charge in [-0.15, -0.1) is 0 Å². The predicted octanol–water partition coefficient (Wildman–Crippen LogP) is 5.98. The third-order valence-electron chi connectivity index (χ3n) is 5.66. The van der Waals surface area contributed by atoms with E-state index < -0.39 is 0 Å². The number of methoxy groups -OCH3 is 1.